The second kappa shape index (κ2) is 9.35. The molecule has 0 saturated carbocycles. The van der Waals surface area contributed by atoms with Crippen molar-refractivity contribution >= 4 is 11.8 Å². The van der Waals surface area contributed by atoms with Gasteiger partial charge < -0.3 is 10.6 Å². The number of aryl methyl sites for hydroxylation is 2. The van der Waals surface area contributed by atoms with E-state index in [0.717, 1.165) is 41.8 Å². The predicted molar refractivity (Wildman–Crippen MR) is 126 cm³/mol. The fourth-order valence-corrected chi connectivity index (χ4v) is 4.31. The van der Waals surface area contributed by atoms with E-state index in [9.17, 15) is 9.59 Å². The molecule has 1 saturated heterocycles. The van der Waals surface area contributed by atoms with Crippen LogP contribution in [0.15, 0.2) is 60.8 Å². The summed E-state index contributed by atoms with van der Waals surface area (Å²) in [5.74, 6) is -0.0273. The lowest BCUT2D eigenvalue weighted by atomic mass is 9.93. The molecule has 2 heterocycles. The summed E-state index contributed by atoms with van der Waals surface area (Å²) in [5.41, 5.74) is 12.3. The van der Waals surface area contributed by atoms with E-state index < -0.39 is 5.91 Å². The lowest BCUT2D eigenvalue weighted by Gasteiger charge is -2.32. The number of piperidine rings is 1. The number of benzene rings is 2. The average molecular weight is 428 g/mol. The number of carbonyl (C=O) groups is 2. The van der Waals surface area contributed by atoms with Crippen LogP contribution in [-0.2, 0) is 11.2 Å². The van der Waals surface area contributed by atoms with Crippen LogP contribution >= 0.6 is 0 Å². The number of primary amides is 1. The van der Waals surface area contributed by atoms with Crippen LogP contribution in [0, 0.1) is 13.8 Å². The van der Waals surface area contributed by atoms with Gasteiger partial charge in [0.05, 0.1) is 6.42 Å². The molecule has 1 unspecified atom stereocenters. The van der Waals surface area contributed by atoms with Gasteiger partial charge >= 0.3 is 0 Å². The molecule has 1 aromatic heterocycles. The van der Waals surface area contributed by atoms with Gasteiger partial charge in [0, 0.05) is 42.0 Å². The lowest BCUT2D eigenvalue weighted by Crippen LogP contribution is -2.40. The summed E-state index contributed by atoms with van der Waals surface area (Å²) in [4.78, 5) is 31.1. The Labute approximate surface area is 189 Å². The quantitative estimate of drug-likeness (QED) is 0.655. The zero-order valence-electron chi connectivity index (χ0n) is 18.7. The summed E-state index contributed by atoms with van der Waals surface area (Å²) in [5, 5.41) is 0. The number of rotatable bonds is 5. The normalized spacial score (nSPS) is 16.1. The first-order chi connectivity index (χ1) is 15.4. The van der Waals surface area contributed by atoms with Crippen molar-refractivity contribution in [2.75, 3.05) is 13.1 Å². The van der Waals surface area contributed by atoms with Crippen molar-refractivity contribution in [1.82, 2.24) is 9.88 Å². The Hall–Kier alpha value is -3.47. The summed E-state index contributed by atoms with van der Waals surface area (Å²) < 4.78 is 0. The Morgan fingerprint density at radius 3 is 2.59 bits per heavy atom. The van der Waals surface area contributed by atoms with Crippen LogP contribution in [-0.4, -0.2) is 34.8 Å². The molecule has 1 aliphatic heterocycles. The van der Waals surface area contributed by atoms with Crippen molar-refractivity contribution in [3.63, 3.8) is 0 Å². The summed E-state index contributed by atoms with van der Waals surface area (Å²) in [6.07, 6.45) is 4.28. The third-order valence-corrected chi connectivity index (χ3v) is 6.39. The molecule has 0 aliphatic carbocycles. The monoisotopic (exact) mass is 427 g/mol. The molecule has 32 heavy (non-hydrogen) atoms. The first-order valence-corrected chi connectivity index (χ1v) is 11.1. The fraction of sp³-hybridized carbons (Fsp3) is 0.296. The zero-order valence-corrected chi connectivity index (χ0v) is 18.7. The van der Waals surface area contributed by atoms with Crippen molar-refractivity contribution in [3.8, 4) is 11.1 Å². The molecule has 1 fully saturated rings. The minimum Gasteiger partial charge on any atom is -0.366 e. The van der Waals surface area contributed by atoms with Gasteiger partial charge in [-0.2, -0.15) is 0 Å². The molecule has 1 atom stereocenters. The SMILES string of the molecule is Cc1ccc(CC(=O)N2CCCC(c3ccc(-c4cccc(C(N)=O)c4)cn3)C2)cc1C. The number of amides is 2. The maximum Gasteiger partial charge on any atom is 0.248 e. The summed E-state index contributed by atoms with van der Waals surface area (Å²) in [7, 11) is 0. The Morgan fingerprint density at radius 1 is 1.03 bits per heavy atom. The van der Waals surface area contributed by atoms with Gasteiger partial charge in [-0.25, -0.2) is 0 Å². The van der Waals surface area contributed by atoms with Crippen LogP contribution in [0.2, 0.25) is 0 Å². The third-order valence-electron chi connectivity index (χ3n) is 6.39. The van der Waals surface area contributed by atoms with E-state index in [1.807, 2.05) is 35.4 Å². The van der Waals surface area contributed by atoms with Gasteiger partial charge in [0.2, 0.25) is 11.8 Å². The zero-order chi connectivity index (χ0) is 22.7. The van der Waals surface area contributed by atoms with E-state index in [1.54, 1.807) is 12.1 Å². The van der Waals surface area contributed by atoms with Crippen molar-refractivity contribution in [2.24, 2.45) is 5.73 Å². The van der Waals surface area contributed by atoms with Crippen molar-refractivity contribution < 1.29 is 9.59 Å². The molecule has 2 aromatic carbocycles. The Balaban J connectivity index is 1.44. The molecular weight excluding hydrogens is 398 g/mol. The number of nitrogens with zero attached hydrogens (tertiary/aromatic N) is 2. The smallest absolute Gasteiger partial charge is 0.248 e. The van der Waals surface area contributed by atoms with Crippen LogP contribution in [0.1, 0.15) is 51.5 Å². The molecule has 5 nitrogen and oxygen atoms in total. The van der Waals surface area contributed by atoms with Gasteiger partial charge in [0.15, 0.2) is 0 Å². The number of aromatic nitrogens is 1. The third kappa shape index (κ3) is 4.88. The van der Waals surface area contributed by atoms with E-state index >= 15 is 0 Å². The first-order valence-electron chi connectivity index (χ1n) is 11.1. The van der Waals surface area contributed by atoms with Gasteiger partial charge in [0.25, 0.3) is 0 Å². The molecule has 2 N–H and O–H groups in total. The molecule has 1 aliphatic rings. The fourth-order valence-electron chi connectivity index (χ4n) is 4.31. The topological polar surface area (TPSA) is 76.3 Å². The molecule has 4 rings (SSSR count). The molecule has 5 heteroatoms. The summed E-state index contributed by atoms with van der Waals surface area (Å²) in [6.45, 7) is 5.67. The van der Waals surface area contributed by atoms with Crippen LogP contribution in [0.3, 0.4) is 0 Å². The minimum atomic E-state index is -0.441. The van der Waals surface area contributed by atoms with E-state index in [1.165, 1.54) is 11.1 Å². The van der Waals surface area contributed by atoms with E-state index in [0.29, 0.717) is 18.5 Å². The van der Waals surface area contributed by atoms with E-state index in [4.69, 9.17) is 10.7 Å². The van der Waals surface area contributed by atoms with Gasteiger partial charge in [-0.3, -0.25) is 14.6 Å². The van der Waals surface area contributed by atoms with Gasteiger partial charge in [0.1, 0.15) is 0 Å². The van der Waals surface area contributed by atoms with Crippen molar-refractivity contribution in [1.29, 1.82) is 0 Å². The van der Waals surface area contributed by atoms with Crippen LogP contribution in [0.25, 0.3) is 11.1 Å². The van der Waals surface area contributed by atoms with Crippen LogP contribution in [0.4, 0.5) is 0 Å². The van der Waals surface area contributed by atoms with E-state index in [-0.39, 0.29) is 11.8 Å². The average Bonchev–Trinajstić information content (AvgIpc) is 2.82. The highest BCUT2D eigenvalue weighted by atomic mass is 16.2. The van der Waals surface area contributed by atoms with Gasteiger partial charge in [-0.1, -0.05) is 36.4 Å². The van der Waals surface area contributed by atoms with Crippen molar-refractivity contribution in [2.45, 2.75) is 39.0 Å². The molecular formula is C27H29N3O2. The second-order valence-corrected chi connectivity index (χ2v) is 8.69. The number of hydrogen-bond acceptors (Lipinski definition) is 3. The highest BCUT2D eigenvalue weighted by Gasteiger charge is 2.25. The lowest BCUT2D eigenvalue weighted by molar-refractivity contribution is -0.131. The molecule has 2 amide bonds. The second-order valence-electron chi connectivity index (χ2n) is 8.69. The Kier molecular flexibility index (Phi) is 6.35. The predicted octanol–water partition coefficient (Wildman–Crippen LogP) is 4.41. The summed E-state index contributed by atoms with van der Waals surface area (Å²) >= 11 is 0. The maximum absolute atomic E-state index is 12.9. The van der Waals surface area contributed by atoms with E-state index in [2.05, 4.69) is 32.0 Å². The number of hydrogen-bond donors (Lipinski definition) is 1. The minimum absolute atomic E-state index is 0.179. The highest BCUT2D eigenvalue weighted by Crippen LogP contribution is 2.28. The molecule has 3 aromatic rings. The highest BCUT2D eigenvalue weighted by molar-refractivity contribution is 5.94. The van der Waals surface area contributed by atoms with Gasteiger partial charge in [-0.15, -0.1) is 0 Å². The molecule has 0 spiro atoms. The van der Waals surface area contributed by atoms with Crippen molar-refractivity contribution in [3.05, 3.63) is 88.7 Å². The standard InChI is InChI=1S/C27H29N3O2/c1-18-8-9-20(13-19(18)2)14-26(31)30-12-4-7-24(17-30)25-11-10-23(16-29-25)21-5-3-6-22(15-21)27(28)32/h3,5-6,8-11,13,15-16,24H,4,7,12,14,17H2,1-2H3,(H2,28,32). The maximum atomic E-state index is 12.9. The number of likely N-dealkylation sites (tertiary alicyclic amines) is 1. The Bertz CT molecular complexity index is 1140. The number of nitrogens with two attached hydrogens (primary N) is 1. The molecule has 0 bridgehead atoms. The largest absolute Gasteiger partial charge is 0.366 e. The van der Waals surface area contributed by atoms with Crippen LogP contribution < -0.4 is 5.73 Å². The van der Waals surface area contributed by atoms with Gasteiger partial charge in [-0.05, 0) is 67.1 Å². The molecule has 164 valence electrons. The Morgan fingerprint density at radius 2 is 1.88 bits per heavy atom. The summed E-state index contributed by atoms with van der Waals surface area (Å²) in [6, 6.07) is 17.6. The first kappa shape index (κ1) is 21.8. The molecule has 0 radical (unpaired) electrons. The number of carbonyl (C=O) groups excluding carboxylic acids is 2. The van der Waals surface area contributed by atoms with Crippen LogP contribution in [0.5, 0.6) is 0 Å². The number of pyridine rings is 1.